The molecule has 0 saturated heterocycles. The number of amides is 1. The van der Waals surface area contributed by atoms with E-state index in [1.165, 1.54) is 10.9 Å². The molecular weight excluding hydrogens is 256 g/mol. The van der Waals surface area contributed by atoms with Crippen LogP contribution in [0.1, 0.15) is 20.8 Å². The van der Waals surface area contributed by atoms with Crippen molar-refractivity contribution in [2.24, 2.45) is 11.7 Å². The monoisotopic (exact) mass is 272 g/mol. The molecule has 1 aromatic heterocycles. The van der Waals surface area contributed by atoms with Gasteiger partial charge in [-0.05, 0) is 12.8 Å². The predicted molar refractivity (Wildman–Crippen MR) is 70.6 cm³/mol. The molecule has 1 aromatic rings. The van der Waals surface area contributed by atoms with E-state index in [-0.39, 0.29) is 10.9 Å². The Hall–Kier alpha value is -1.56. The van der Waals surface area contributed by atoms with Crippen LogP contribution in [0.4, 0.5) is 5.69 Å². The second kappa shape index (κ2) is 5.86. The number of halogens is 1. The topological polar surface area (TPSA) is 90.0 Å². The average molecular weight is 273 g/mol. The maximum absolute atomic E-state index is 11.8. The maximum atomic E-state index is 11.8. The van der Waals surface area contributed by atoms with Crippen molar-refractivity contribution < 1.29 is 4.79 Å². The Morgan fingerprint density at radius 3 is 2.67 bits per heavy atom. The van der Waals surface area contributed by atoms with E-state index >= 15 is 0 Å². The molecule has 1 unspecified atom stereocenters. The van der Waals surface area contributed by atoms with Crippen molar-refractivity contribution in [3.05, 3.63) is 21.6 Å². The highest BCUT2D eigenvalue weighted by molar-refractivity contribution is 6.33. The molecule has 7 heteroatoms. The van der Waals surface area contributed by atoms with E-state index in [1.807, 2.05) is 13.8 Å². The first-order valence-electron chi connectivity index (χ1n) is 5.70. The Morgan fingerprint density at radius 2 is 2.22 bits per heavy atom. The van der Waals surface area contributed by atoms with Crippen molar-refractivity contribution in [1.82, 2.24) is 9.78 Å². The summed E-state index contributed by atoms with van der Waals surface area (Å²) in [6.07, 6.45) is 1.42. The SMILES string of the molecule is CCn1ncc(NC(C(N)=O)C(C)C)c(Cl)c1=O. The number of nitrogens with two attached hydrogens (primary N) is 1. The second-order valence-electron chi connectivity index (χ2n) is 4.26. The zero-order valence-electron chi connectivity index (χ0n) is 10.6. The van der Waals surface area contributed by atoms with Crippen molar-refractivity contribution in [3.63, 3.8) is 0 Å². The molecule has 1 heterocycles. The van der Waals surface area contributed by atoms with Gasteiger partial charge in [-0.25, -0.2) is 4.68 Å². The summed E-state index contributed by atoms with van der Waals surface area (Å²) in [5, 5.41) is 6.80. The summed E-state index contributed by atoms with van der Waals surface area (Å²) in [7, 11) is 0. The van der Waals surface area contributed by atoms with Crippen LogP contribution in [0, 0.1) is 5.92 Å². The number of aromatic nitrogens is 2. The third kappa shape index (κ3) is 3.01. The van der Waals surface area contributed by atoms with Gasteiger partial charge in [-0.2, -0.15) is 5.10 Å². The summed E-state index contributed by atoms with van der Waals surface area (Å²) < 4.78 is 1.24. The van der Waals surface area contributed by atoms with Crippen LogP contribution in [-0.2, 0) is 11.3 Å². The molecule has 0 aliphatic carbocycles. The van der Waals surface area contributed by atoms with Crippen molar-refractivity contribution in [3.8, 4) is 0 Å². The lowest BCUT2D eigenvalue weighted by atomic mass is 10.0. The van der Waals surface area contributed by atoms with E-state index < -0.39 is 17.5 Å². The third-order valence-corrected chi connectivity index (χ3v) is 2.93. The van der Waals surface area contributed by atoms with Gasteiger partial charge in [0.05, 0.1) is 11.9 Å². The van der Waals surface area contributed by atoms with Crippen LogP contribution in [0.25, 0.3) is 0 Å². The van der Waals surface area contributed by atoms with E-state index in [4.69, 9.17) is 17.3 Å². The fourth-order valence-corrected chi connectivity index (χ4v) is 1.73. The Kier molecular flexibility index (Phi) is 4.72. The summed E-state index contributed by atoms with van der Waals surface area (Å²) in [5.41, 5.74) is 5.21. The van der Waals surface area contributed by atoms with Gasteiger partial charge in [-0.1, -0.05) is 25.4 Å². The van der Waals surface area contributed by atoms with Gasteiger partial charge >= 0.3 is 0 Å². The molecule has 18 heavy (non-hydrogen) atoms. The number of primary amides is 1. The fraction of sp³-hybridized carbons (Fsp3) is 0.545. The first kappa shape index (κ1) is 14.5. The normalized spacial score (nSPS) is 12.5. The summed E-state index contributed by atoms with van der Waals surface area (Å²) in [4.78, 5) is 23.0. The number of aryl methyl sites for hydroxylation is 1. The van der Waals surface area contributed by atoms with Crippen molar-refractivity contribution in [2.45, 2.75) is 33.4 Å². The fourth-order valence-electron chi connectivity index (χ4n) is 1.52. The summed E-state index contributed by atoms with van der Waals surface area (Å²) in [6, 6.07) is -0.596. The van der Waals surface area contributed by atoms with Gasteiger partial charge < -0.3 is 11.1 Å². The molecule has 6 nitrogen and oxygen atoms in total. The molecule has 0 saturated carbocycles. The standard InChI is InChI=1S/C11H17ClN4O2/c1-4-16-11(18)8(12)7(5-14-16)15-9(6(2)3)10(13)17/h5-6,9,15H,4H2,1-3H3,(H2,13,17). The van der Waals surface area contributed by atoms with Crippen molar-refractivity contribution in [2.75, 3.05) is 5.32 Å². The summed E-state index contributed by atoms with van der Waals surface area (Å²) >= 11 is 5.94. The molecule has 0 spiro atoms. The van der Waals surface area contributed by atoms with Gasteiger partial charge in [-0.3, -0.25) is 9.59 Å². The number of rotatable bonds is 5. The average Bonchev–Trinajstić information content (AvgIpc) is 2.30. The molecule has 0 aliphatic rings. The van der Waals surface area contributed by atoms with E-state index in [1.54, 1.807) is 6.92 Å². The molecule has 0 fully saturated rings. The van der Waals surface area contributed by atoms with Gasteiger partial charge in [0.2, 0.25) is 5.91 Å². The zero-order valence-corrected chi connectivity index (χ0v) is 11.4. The number of hydrogen-bond acceptors (Lipinski definition) is 4. The highest BCUT2D eigenvalue weighted by atomic mass is 35.5. The third-order valence-electron chi connectivity index (χ3n) is 2.57. The lowest BCUT2D eigenvalue weighted by Crippen LogP contribution is -2.40. The Morgan fingerprint density at radius 1 is 1.61 bits per heavy atom. The Bertz CT molecular complexity index is 498. The second-order valence-corrected chi connectivity index (χ2v) is 4.64. The number of nitrogens with zero attached hydrogens (tertiary/aromatic N) is 2. The number of carbonyl (C=O) groups is 1. The number of hydrogen-bond donors (Lipinski definition) is 2. The van der Waals surface area contributed by atoms with Gasteiger partial charge in [0.1, 0.15) is 11.1 Å². The predicted octanol–water partition coefficient (Wildman–Crippen LogP) is 0.838. The van der Waals surface area contributed by atoms with E-state index in [0.717, 1.165) is 0 Å². The smallest absolute Gasteiger partial charge is 0.287 e. The molecule has 3 N–H and O–H groups in total. The van der Waals surface area contributed by atoms with Gasteiger partial charge in [0, 0.05) is 6.54 Å². The van der Waals surface area contributed by atoms with E-state index in [2.05, 4.69) is 10.4 Å². The molecule has 1 amide bonds. The van der Waals surface area contributed by atoms with Crippen molar-refractivity contribution in [1.29, 1.82) is 0 Å². The minimum Gasteiger partial charge on any atom is -0.371 e. The number of carbonyl (C=O) groups excluding carboxylic acids is 1. The van der Waals surface area contributed by atoms with E-state index in [9.17, 15) is 9.59 Å². The molecule has 1 rings (SSSR count). The Labute approximate surface area is 110 Å². The summed E-state index contributed by atoms with van der Waals surface area (Å²) in [5.74, 6) is -0.520. The van der Waals surface area contributed by atoms with Gasteiger partial charge in [0.25, 0.3) is 5.56 Å². The van der Waals surface area contributed by atoms with Crippen LogP contribution in [0.2, 0.25) is 5.02 Å². The van der Waals surface area contributed by atoms with Crippen LogP contribution in [0.15, 0.2) is 11.0 Å². The van der Waals surface area contributed by atoms with Gasteiger partial charge in [-0.15, -0.1) is 0 Å². The van der Waals surface area contributed by atoms with Gasteiger partial charge in [0.15, 0.2) is 0 Å². The number of nitrogens with one attached hydrogen (secondary N) is 1. The molecule has 1 atom stereocenters. The largest absolute Gasteiger partial charge is 0.371 e. The molecule has 0 radical (unpaired) electrons. The minimum absolute atomic E-state index is 0.0127. The van der Waals surface area contributed by atoms with Crippen LogP contribution in [0.3, 0.4) is 0 Å². The molecular formula is C11H17ClN4O2. The molecule has 0 aliphatic heterocycles. The Balaban J connectivity index is 3.08. The van der Waals surface area contributed by atoms with Crippen LogP contribution >= 0.6 is 11.6 Å². The first-order valence-corrected chi connectivity index (χ1v) is 6.07. The van der Waals surface area contributed by atoms with Crippen LogP contribution in [-0.4, -0.2) is 21.7 Å². The highest BCUT2D eigenvalue weighted by Gasteiger charge is 2.21. The summed E-state index contributed by atoms with van der Waals surface area (Å²) in [6.45, 7) is 5.91. The maximum Gasteiger partial charge on any atom is 0.287 e. The molecule has 100 valence electrons. The van der Waals surface area contributed by atoms with E-state index in [0.29, 0.717) is 12.2 Å². The minimum atomic E-state index is -0.596. The lowest BCUT2D eigenvalue weighted by molar-refractivity contribution is -0.119. The van der Waals surface area contributed by atoms with Crippen LogP contribution < -0.4 is 16.6 Å². The molecule has 0 aromatic carbocycles. The quantitative estimate of drug-likeness (QED) is 0.831. The highest BCUT2D eigenvalue weighted by Crippen LogP contribution is 2.18. The first-order chi connectivity index (χ1) is 8.38. The van der Waals surface area contributed by atoms with Crippen molar-refractivity contribution >= 4 is 23.2 Å². The zero-order chi connectivity index (χ0) is 13.9. The number of anilines is 1. The lowest BCUT2D eigenvalue weighted by Gasteiger charge is -2.20. The van der Waals surface area contributed by atoms with Crippen LogP contribution in [0.5, 0.6) is 0 Å². The molecule has 0 bridgehead atoms.